The van der Waals surface area contributed by atoms with Gasteiger partial charge in [-0.05, 0) is 51.8 Å². The molecule has 0 unspecified atom stereocenters. The normalized spacial score (nSPS) is 11.8. The largest absolute Gasteiger partial charge is 0.451 e. The van der Waals surface area contributed by atoms with E-state index in [0.29, 0.717) is 16.1 Å². The van der Waals surface area contributed by atoms with Crippen molar-refractivity contribution in [3.8, 4) is 0 Å². The second-order valence-corrected chi connectivity index (χ2v) is 7.62. The van der Waals surface area contributed by atoms with Crippen molar-refractivity contribution in [2.45, 2.75) is 47.6 Å². The number of ether oxygens (including phenoxy) is 1. The molecule has 1 N–H and O–H groups in total. The Morgan fingerprint density at radius 2 is 1.77 bits per heavy atom. The first-order valence-electron chi connectivity index (χ1n) is 8.31. The highest BCUT2D eigenvalue weighted by Crippen LogP contribution is 2.33. The molecule has 6 heteroatoms. The minimum Gasteiger partial charge on any atom is -0.451 e. The molecular formula is C20H23NO4S. The standard InChI is InChI=1S/C20H23NO4S/c1-10-7-8-11(2)16(9-10)18(23)13(4)25-20(24)17-12(3)14(5)26-19(17)21-15(6)22/h7-9,13H,1-6H3,(H,21,22)/t13-/m0/s1. The maximum atomic E-state index is 12.7. The first-order chi connectivity index (χ1) is 12.1. The molecule has 0 saturated carbocycles. The molecule has 0 bridgehead atoms. The van der Waals surface area contributed by atoms with Gasteiger partial charge in [-0.1, -0.05) is 17.7 Å². The molecule has 1 aromatic heterocycles. The number of esters is 1. The van der Waals surface area contributed by atoms with Gasteiger partial charge in [-0.15, -0.1) is 11.3 Å². The molecule has 2 rings (SSSR count). The highest BCUT2D eigenvalue weighted by molar-refractivity contribution is 7.16. The molecule has 1 aromatic carbocycles. The van der Waals surface area contributed by atoms with Gasteiger partial charge in [0, 0.05) is 17.4 Å². The van der Waals surface area contributed by atoms with Gasteiger partial charge in [0.05, 0.1) is 5.56 Å². The first kappa shape index (κ1) is 19.8. The molecule has 1 amide bonds. The zero-order chi connectivity index (χ0) is 19.6. The minimum atomic E-state index is -0.923. The number of ketones is 1. The number of anilines is 1. The third-order valence-electron chi connectivity index (χ3n) is 4.19. The fourth-order valence-corrected chi connectivity index (χ4v) is 3.71. The van der Waals surface area contributed by atoms with Crippen LogP contribution >= 0.6 is 11.3 Å². The highest BCUT2D eigenvalue weighted by atomic mass is 32.1. The quantitative estimate of drug-likeness (QED) is 0.624. The van der Waals surface area contributed by atoms with Gasteiger partial charge in [0.25, 0.3) is 0 Å². The van der Waals surface area contributed by atoms with Crippen LogP contribution in [0.4, 0.5) is 5.00 Å². The third kappa shape index (κ3) is 4.19. The summed E-state index contributed by atoms with van der Waals surface area (Å²) >= 11 is 1.32. The lowest BCUT2D eigenvalue weighted by atomic mass is 9.99. The number of thiophene rings is 1. The van der Waals surface area contributed by atoms with Crippen molar-refractivity contribution in [2.24, 2.45) is 0 Å². The molecule has 2 aromatic rings. The second kappa shape index (κ2) is 7.83. The van der Waals surface area contributed by atoms with Crippen molar-refractivity contribution in [3.05, 3.63) is 50.9 Å². The fraction of sp³-hybridized carbons (Fsp3) is 0.350. The average molecular weight is 373 g/mol. The summed E-state index contributed by atoms with van der Waals surface area (Å²) in [5.41, 5.74) is 3.41. The Kier molecular flexibility index (Phi) is 5.97. The lowest BCUT2D eigenvalue weighted by Crippen LogP contribution is -2.25. The number of benzene rings is 1. The van der Waals surface area contributed by atoms with Gasteiger partial charge in [-0.3, -0.25) is 9.59 Å². The van der Waals surface area contributed by atoms with Gasteiger partial charge in [0.2, 0.25) is 11.7 Å². The van der Waals surface area contributed by atoms with Crippen LogP contribution in [-0.2, 0) is 9.53 Å². The average Bonchev–Trinajstić information content (AvgIpc) is 2.82. The van der Waals surface area contributed by atoms with Crippen molar-refractivity contribution < 1.29 is 19.1 Å². The van der Waals surface area contributed by atoms with Crippen LogP contribution in [-0.4, -0.2) is 23.8 Å². The minimum absolute atomic E-state index is 0.245. The lowest BCUT2D eigenvalue weighted by Gasteiger charge is -2.15. The molecule has 0 fully saturated rings. The van der Waals surface area contributed by atoms with Crippen LogP contribution < -0.4 is 5.32 Å². The molecule has 1 atom stereocenters. The SMILES string of the molecule is CC(=O)Nc1sc(C)c(C)c1C(=O)O[C@@H](C)C(=O)c1cc(C)ccc1C. The van der Waals surface area contributed by atoms with Gasteiger partial charge in [0.1, 0.15) is 5.00 Å². The van der Waals surface area contributed by atoms with Crippen LogP contribution in [0.3, 0.4) is 0 Å². The summed E-state index contributed by atoms with van der Waals surface area (Å²) in [6.45, 7) is 10.4. The van der Waals surface area contributed by atoms with Gasteiger partial charge in [0.15, 0.2) is 6.10 Å². The van der Waals surface area contributed by atoms with Crippen LogP contribution in [0.5, 0.6) is 0 Å². The van der Waals surface area contributed by atoms with Crippen molar-refractivity contribution in [1.29, 1.82) is 0 Å². The third-order valence-corrected chi connectivity index (χ3v) is 5.31. The summed E-state index contributed by atoms with van der Waals surface area (Å²) in [6, 6.07) is 5.60. The van der Waals surface area contributed by atoms with E-state index in [1.54, 1.807) is 19.9 Å². The zero-order valence-corrected chi connectivity index (χ0v) is 16.7. The summed E-state index contributed by atoms with van der Waals surface area (Å²) < 4.78 is 5.43. The maximum Gasteiger partial charge on any atom is 0.342 e. The summed E-state index contributed by atoms with van der Waals surface area (Å²) in [5, 5.41) is 3.11. The van der Waals surface area contributed by atoms with Crippen LogP contribution in [0.25, 0.3) is 0 Å². The fourth-order valence-electron chi connectivity index (χ4n) is 2.61. The van der Waals surface area contributed by atoms with Crippen LogP contribution in [0.2, 0.25) is 0 Å². The van der Waals surface area contributed by atoms with Gasteiger partial charge < -0.3 is 10.1 Å². The molecule has 1 heterocycles. The van der Waals surface area contributed by atoms with E-state index in [-0.39, 0.29) is 11.7 Å². The Morgan fingerprint density at radius 3 is 2.38 bits per heavy atom. The smallest absolute Gasteiger partial charge is 0.342 e. The number of rotatable bonds is 5. The molecule has 5 nitrogen and oxygen atoms in total. The number of aryl methyl sites for hydroxylation is 3. The monoisotopic (exact) mass is 373 g/mol. The number of hydrogen-bond acceptors (Lipinski definition) is 5. The van der Waals surface area contributed by atoms with Gasteiger partial charge in [-0.25, -0.2) is 4.79 Å². The molecule has 0 aliphatic rings. The number of nitrogens with one attached hydrogen (secondary N) is 1. The van der Waals surface area contributed by atoms with E-state index in [4.69, 9.17) is 4.74 Å². The predicted octanol–water partition coefficient (Wildman–Crippen LogP) is 4.37. The van der Waals surface area contributed by atoms with Gasteiger partial charge >= 0.3 is 5.97 Å². The van der Waals surface area contributed by atoms with Crippen molar-refractivity contribution in [2.75, 3.05) is 5.32 Å². The number of hydrogen-bond donors (Lipinski definition) is 1. The number of amides is 1. The van der Waals surface area contributed by atoms with Crippen molar-refractivity contribution in [3.63, 3.8) is 0 Å². The summed E-state index contributed by atoms with van der Waals surface area (Å²) in [6.07, 6.45) is -0.923. The van der Waals surface area contributed by atoms with Crippen molar-refractivity contribution >= 4 is 34.0 Å². The summed E-state index contributed by atoms with van der Waals surface area (Å²) in [5.74, 6) is -1.12. The number of carbonyl (C=O) groups is 3. The summed E-state index contributed by atoms with van der Waals surface area (Å²) in [7, 11) is 0. The highest BCUT2D eigenvalue weighted by Gasteiger charge is 2.26. The molecule has 26 heavy (non-hydrogen) atoms. The number of Topliss-reactive ketones (excluding diaryl/α,β-unsaturated/α-hetero) is 1. The Morgan fingerprint density at radius 1 is 1.12 bits per heavy atom. The number of carbonyl (C=O) groups excluding carboxylic acids is 3. The maximum absolute atomic E-state index is 12.7. The van der Waals surface area contributed by atoms with Gasteiger partial charge in [-0.2, -0.15) is 0 Å². The molecule has 0 radical (unpaired) electrons. The molecule has 0 saturated heterocycles. The molecule has 0 spiro atoms. The summed E-state index contributed by atoms with van der Waals surface area (Å²) in [4.78, 5) is 37.6. The van der Waals surface area contributed by atoms with Crippen LogP contribution in [0.15, 0.2) is 18.2 Å². The van der Waals surface area contributed by atoms with E-state index in [1.807, 2.05) is 32.9 Å². The van der Waals surface area contributed by atoms with E-state index in [1.165, 1.54) is 18.3 Å². The Bertz CT molecular complexity index is 882. The Balaban J connectivity index is 2.25. The van der Waals surface area contributed by atoms with Crippen LogP contribution in [0, 0.1) is 27.7 Å². The van der Waals surface area contributed by atoms with E-state index >= 15 is 0 Å². The second-order valence-electron chi connectivity index (χ2n) is 6.40. The van der Waals surface area contributed by atoms with Crippen LogP contribution in [0.1, 0.15) is 56.1 Å². The topological polar surface area (TPSA) is 72.5 Å². The molecular weight excluding hydrogens is 350 g/mol. The van der Waals surface area contributed by atoms with Crippen molar-refractivity contribution in [1.82, 2.24) is 0 Å². The van der Waals surface area contributed by atoms with E-state index in [2.05, 4.69) is 5.32 Å². The molecule has 0 aliphatic heterocycles. The zero-order valence-electron chi connectivity index (χ0n) is 15.9. The Hall–Kier alpha value is -2.47. The molecule has 138 valence electrons. The first-order valence-corrected chi connectivity index (χ1v) is 9.13. The predicted molar refractivity (Wildman–Crippen MR) is 103 cm³/mol. The molecule has 0 aliphatic carbocycles. The lowest BCUT2D eigenvalue weighted by molar-refractivity contribution is -0.114. The van der Waals surface area contributed by atoms with E-state index < -0.39 is 12.1 Å². The Labute approximate surface area is 157 Å². The van der Waals surface area contributed by atoms with E-state index in [0.717, 1.165) is 21.6 Å². The van der Waals surface area contributed by atoms with E-state index in [9.17, 15) is 14.4 Å².